The van der Waals surface area contributed by atoms with Crippen LogP contribution in [0.1, 0.15) is 18.0 Å². The number of ether oxygens (including phenoxy) is 1. The minimum absolute atomic E-state index is 0.0381. The number of carboxylic acids is 1. The smallest absolute Gasteiger partial charge is 0.320 e. The van der Waals surface area contributed by atoms with Gasteiger partial charge < -0.3 is 15.6 Å². The van der Waals surface area contributed by atoms with Gasteiger partial charge in [0.25, 0.3) is 0 Å². The number of rotatable bonds is 5. The molecule has 1 heterocycles. The first-order chi connectivity index (χ1) is 9.18. The fraction of sp³-hybridized carbons (Fsp3) is 0.500. The molecule has 1 saturated heterocycles. The molecule has 0 unspecified atom stereocenters. The maximum absolute atomic E-state index is 11.0. The van der Waals surface area contributed by atoms with Crippen LogP contribution in [0.4, 0.5) is 0 Å². The second-order valence-corrected chi connectivity index (χ2v) is 4.76. The number of hydrogen-bond acceptors (Lipinski definition) is 4. The van der Waals surface area contributed by atoms with Crippen LogP contribution in [-0.4, -0.2) is 48.3 Å². The lowest BCUT2D eigenvalue weighted by atomic mass is 9.97. The topological polar surface area (TPSA) is 75.8 Å². The molecule has 0 aromatic heterocycles. The molecule has 0 spiro atoms. The number of morpholine rings is 1. The van der Waals surface area contributed by atoms with Gasteiger partial charge in [0.15, 0.2) is 0 Å². The van der Waals surface area contributed by atoms with Crippen LogP contribution < -0.4 is 5.73 Å². The summed E-state index contributed by atoms with van der Waals surface area (Å²) >= 11 is 0. The van der Waals surface area contributed by atoms with E-state index in [0.29, 0.717) is 19.6 Å². The highest BCUT2D eigenvalue weighted by Crippen LogP contribution is 2.26. The zero-order chi connectivity index (χ0) is 13.7. The molecule has 1 aromatic rings. The molecule has 1 fully saturated rings. The number of nitrogens with two attached hydrogens (primary N) is 1. The van der Waals surface area contributed by atoms with Gasteiger partial charge in [-0.15, -0.1) is 0 Å². The van der Waals surface area contributed by atoms with Crippen LogP contribution in [0.15, 0.2) is 30.3 Å². The van der Waals surface area contributed by atoms with E-state index < -0.39 is 12.0 Å². The summed E-state index contributed by atoms with van der Waals surface area (Å²) in [7, 11) is 0. The average molecular weight is 264 g/mol. The molecule has 104 valence electrons. The summed E-state index contributed by atoms with van der Waals surface area (Å²) in [4.78, 5) is 13.2. The quantitative estimate of drug-likeness (QED) is 0.825. The lowest BCUT2D eigenvalue weighted by Crippen LogP contribution is -2.42. The van der Waals surface area contributed by atoms with E-state index in [9.17, 15) is 4.79 Å². The Labute approximate surface area is 113 Å². The molecule has 3 N–H and O–H groups in total. The summed E-state index contributed by atoms with van der Waals surface area (Å²) in [5, 5.41) is 9.01. The maximum Gasteiger partial charge on any atom is 0.320 e. The molecule has 2 atom stereocenters. The van der Waals surface area contributed by atoms with Crippen molar-refractivity contribution < 1.29 is 14.6 Å². The highest BCUT2D eigenvalue weighted by atomic mass is 16.5. The number of carbonyl (C=O) groups is 1. The summed E-state index contributed by atoms with van der Waals surface area (Å²) in [6.07, 6.45) is 0.416. The first-order valence-electron chi connectivity index (χ1n) is 6.53. The Bertz CT molecular complexity index is 404. The molecule has 1 aliphatic heterocycles. The standard InChI is InChI=1S/C14H20N2O3/c15-12(14(17)18)10-13(11-4-2-1-3-5-11)16-6-8-19-9-7-16/h1-5,12-13H,6-10,15H2,(H,17,18)/t12-,13+/m1/s1. The van der Waals surface area contributed by atoms with E-state index in [2.05, 4.69) is 4.90 Å². The van der Waals surface area contributed by atoms with Gasteiger partial charge in [-0.3, -0.25) is 9.69 Å². The Morgan fingerprint density at radius 3 is 2.53 bits per heavy atom. The fourth-order valence-electron chi connectivity index (χ4n) is 2.40. The van der Waals surface area contributed by atoms with Crippen molar-refractivity contribution in [1.82, 2.24) is 4.90 Å². The van der Waals surface area contributed by atoms with Crippen LogP contribution in [0, 0.1) is 0 Å². The van der Waals surface area contributed by atoms with E-state index in [1.54, 1.807) is 0 Å². The molecular formula is C14H20N2O3. The van der Waals surface area contributed by atoms with Gasteiger partial charge in [0.2, 0.25) is 0 Å². The zero-order valence-electron chi connectivity index (χ0n) is 10.9. The minimum Gasteiger partial charge on any atom is -0.480 e. The van der Waals surface area contributed by atoms with Crippen molar-refractivity contribution in [2.75, 3.05) is 26.3 Å². The van der Waals surface area contributed by atoms with Crippen molar-refractivity contribution in [2.24, 2.45) is 5.73 Å². The lowest BCUT2D eigenvalue weighted by molar-refractivity contribution is -0.139. The second kappa shape index (κ2) is 6.65. The molecule has 0 bridgehead atoms. The summed E-state index contributed by atoms with van der Waals surface area (Å²) in [6, 6.07) is 9.13. The molecule has 0 amide bonds. The van der Waals surface area contributed by atoms with Gasteiger partial charge >= 0.3 is 5.97 Å². The van der Waals surface area contributed by atoms with Crippen LogP contribution in [0.25, 0.3) is 0 Å². The van der Waals surface area contributed by atoms with Crippen molar-refractivity contribution in [3.63, 3.8) is 0 Å². The minimum atomic E-state index is -0.950. The van der Waals surface area contributed by atoms with Crippen molar-refractivity contribution in [3.8, 4) is 0 Å². The summed E-state index contributed by atoms with van der Waals surface area (Å²) < 4.78 is 5.35. The molecule has 19 heavy (non-hydrogen) atoms. The Hall–Kier alpha value is -1.43. The molecule has 2 rings (SSSR count). The predicted molar refractivity (Wildman–Crippen MR) is 71.8 cm³/mol. The second-order valence-electron chi connectivity index (χ2n) is 4.76. The first kappa shape index (κ1) is 14.0. The monoisotopic (exact) mass is 264 g/mol. The van der Waals surface area contributed by atoms with E-state index >= 15 is 0 Å². The lowest BCUT2D eigenvalue weighted by Gasteiger charge is -2.35. The van der Waals surface area contributed by atoms with Crippen molar-refractivity contribution >= 4 is 5.97 Å². The zero-order valence-corrected chi connectivity index (χ0v) is 10.9. The highest BCUT2D eigenvalue weighted by molar-refractivity contribution is 5.73. The first-order valence-corrected chi connectivity index (χ1v) is 6.53. The van der Waals surface area contributed by atoms with Gasteiger partial charge in [0, 0.05) is 19.1 Å². The number of nitrogens with zero attached hydrogens (tertiary/aromatic N) is 1. The van der Waals surface area contributed by atoms with Crippen LogP contribution in [0.3, 0.4) is 0 Å². The third-order valence-electron chi connectivity index (χ3n) is 3.47. The maximum atomic E-state index is 11.0. The number of carboxylic acid groups (broad SMARTS) is 1. The van der Waals surface area contributed by atoms with Crippen molar-refractivity contribution in [3.05, 3.63) is 35.9 Å². The number of aliphatic carboxylic acids is 1. The van der Waals surface area contributed by atoms with Gasteiger partial charge in [0.05, 0.1) is 13.2 Å². The number of hydrogen-bond donors (Lipinski definition) is 2. The predicted octanol–water partition coefficient (Wildman–Crippen LogP) is 0.862. The molecule has 1 aromatic carbocycles. The molecule has 0 aliphatic carbocycles. The van der Waals surface area contributed by atoms with E-state index in [0.717, 1.165) is 18.7 Å². The van der Waals surface area contributed by atoms with Crippen LogP contribution in [-0.2, 0) is 9.53 Å². The van der Waals surface area contributed by atoms with E-state index in [-0.39, 0.29) is 6.04 Å². The molecule has 5 heteroatoms. The molecule has 0 radical (unpaired) electrons. The Morgan fingerprint density at radius 1 is 1.32 bits per heavy atom. The van der Waals surface area contributed by atoms with E-state index in [1.165, 1.54) is 0 Å². The third-order valence-corrected chi connectivity index (χ3v) is 3.47. The largest absolute Gasteiger partial charge is 0.480 e. The van der Waals surface area contributed by atoms with Gasteiger partial charge in [0.1, 0.15) is 6.04 Å². The van der Waals surface area contributed by atoms with Gasteiger partial charge in [-0.1, -0.05) is 30.3 Å². The van der Waals surface area contributed by atoms with Crippen LogP contribution in [0.2, 0.25) is 0 Å². The summed E-state index contributed by atoms with van der Waals surface area (Å²) in [5.74, 6) is -0.950. The fourth-order valence-corrected chi connectivity index (χ4v) is 2.40. The Balaban J connectivity index is 2.15. The van der Waals surface area contributed by atoms with Crippen molar-refractivity contribution in [2.45, 2.75) is 18.5 Å². The normalized spacial score (nSPS) is 19.8. The van der Waals surface area contributed by atoms with E-state index in [4.69, 9.17) is 15.6 Å². The van der Waals surface area contributed by atoms with Gasteiger partial charge in [-0.05, 0) is 12.0 Å². The average Bonchev–Trinajstić information content (AvgIpc) is 2.46. The Morgan fingerprint density at radius 2 is 1.95 bits per heavy atom. The third kappa shape index (κ3) is 3.76. The van der Waals surface area contributed by atoms with Gasteiger partial charge in [-0.2, -0.15) is 0 Å². The molecule has 1 aliphatic rings. The number of benzene rings is 1. The highest BCUT2D eigenvalue weighted by Gasteiger charge is 2.26. The summed E-state index contributed by atoms with van der Waals surface area (Å²) in [5.41, 5.74) is 6.82. The van der Waals surface area contributed by atoms with Crippen LogP contribution >= 0.6 is 0 Å². The molecular weight excluding hydrogens is 244 g/mol. The summed E-state index contributed by atoms with van der Waals surface area (Å²) in [6.45, 7) is 3.00. The SMILES string of the molecule is N[C@H](C[C@@H](c1ccccc1)N1CCOCC1)C(=O)O. The molecule has 0 saturated carbocycles. The Kier molecular flexibility index (Phi) is 4.90. The molecule has 5 nitrogen and oxygen atoms in total. The van der Waals surface area contributed by atoms with Crippen LogP contribution in [0.5, 0.6) is 0 Å². The van der Waals surface area contributed by atoms with E-state index in [1.807, 2.05) is 30.3 Å². The van der Waals surface area contributed by atoms with Gasteiger partial charge in [-0.25, -0.2) is 0 Å². The van der Waals surface area contributed by atoms with Crippen molar-refractivity contribution in [1.29, 1.82) is 0 Å².